The van der Waals surface area contributed by atoms with Crippen LogP contribution in [0.2, 0.25) is 0 Å². The predicted octanol–water partition coefficient (Wildman–Crippen LogP) is 5.34. The normalized spacial score (nSPS) is 10.9. The van der Waals surface area contributed by atoms with Gasteiger partial charge in [0.2, 0.25) is 0 Å². The van der Waals surface area contributed by atoms with Gasteiger partial charge in [-0.05, 0) is 60.0 Å². The zero-order valence-corrected chi connectivity index (χ0v) is 15.6. The highest BCUT2D eigenvalue weighted by molar-refractivity contribution is 9.10. The standard InChI is InChI=1S/C18H22BrNO.ClH/c1-18(2,3)20-12-15-9-10-17(16(19)11-15)21-13-14-7-5-4-6-8-14;/h4-11,20H,12-13H2,1-3H3;1H. The van der Waals surface area contributed by atoms with E-state index in [0.29, 0.717) is 6.61 Å². The molecular weight excluding hydrogens is 362 g/mol. The first-order valence-corrected chi connectivity index (χ1v) is 7.93. The van der Waals surface area contributed by atoms with Gasteiger partial charge in [-0.25, -0.2) is 0 Å². The van der Waals surface area contributed by atoms with Crippen molar-refractivity contribution in [2.75, 3.05) is 0 Å². The first-order chi connectivity index (χ1) is 9.94. The Morgan fingerprint density at radius 2 is 1.68 bits per heavy atom. The minimum absolute atomic E-state index is 0. The monoisotopic (exact) mass is 383 g/mol. The molecule has 2 rings (SSSR count). The van der Waals surface area contributed by atoms with Crippen LogP contribution in [0.3, 0.4) is 0 Å². The highest BCUT2D eigenvalue weighted by atomic mass is 79.9. The van der Waals surface area contributed by atoms with E-state index in [4.69, 9.17) is 4.74 Å². The number of rotatable bonds is 5. The van der Waals surface area contributed by atoms with Crippen LogP contribution in [-0.2, 0) is 13.2 Å². The molecule has 0 aliphatic rings. The molecule has 2 aromatic carbocycles. The van der Waals surface area contributed by atoms with Crippen LogP contribution in [0.15, 0.2) is 53.0 Å². The quantitative estimate of drug-likeness (QED) is 0.751. The molecule has 0 saturated heterocycles. The maximum atomic E-state index is 5.86. The fraction of sp³-hybridized carbons (Fsp3) is 0.333. The molecule has 0 fully saturated rings. The maximum Gasteiger partial charge on any atom is 0.134 e. The summed E-state index contributed by atoms with van der Waals surface area (Å²) in [7, 11) is 0. The number of hydrogen-bond donors (Lipinski definition) is 1. The van der Waals surface area contributed by atoms with Crippen molar-refractivity contribution < 1.29 is 4.74 Å². The SMILES string of the molecule is CC(C)(C)NCc1ccc(OCc2ccccc2)c(Br)c1.Cl. The van der Waals surface area contributed by atoms with Crippen LogP contribution >= 0.6 is 28.3 Å². The number of hydrogen-bond acceptors (Lipinski definition) is 2. The summed E-state index contributed by atoms with van der Waals surface area (Å²) in [5.74, 6) is 0.873. The van der Waals surface area contributed by atoms with Gasteiger partial charge in [-0.3, -0.25) is 0 Å². The molecule has 0 aromatic heterocycles. The topological polar surface area (TPSA) is 21.3 Å². The Hall–Kier alpha value is -1.03. The smallest absolute Gasteiger partial charge is 0.134 e. The third-order valence-electron chi connectivity index (χ3n) is 3.06. The Morgan fingerprint density at radius 1 is 1.00 bits per heavy atom. The summed E-state index contributed by atoms with van der Waals surface area (Å²) in [6.45, 7) is 7.93. The highest BCUT2D eigenvalue weighted by Crippen LogP contribution is 2.27. The molecule has 1 N–H and O–H groups in total. The van der Waals surface area contributed by atoms with Crippen molar-refractivity contribution >= 4 is 28.3 Å². The molecule has 22 heavy (non-hydrogen) atoms. The zero-order valence-electron chi connectivity index (χ0n) is 13.2. The largest absolute Gasteiger partial charge is 0.488 e. The van der Waals surface area contributed by atoms with Crippen LogP contribution in [0.1, 0.15) is 31.9 Å². The van der Waals surface area contributed by atoms with Gasteiger partial charge < -0.3 is 10.1 Å². The molecule has 4 heteroatoms. The highest BCUT2D eigenvalue weighted by Gasteiger charge is 2.09. The second-order valence-electron chi connectivity index (χ2n) is 6.14. The van der Waals surface area contributed by atoms with Crippen molar-refractivity contribution in [1.29, 1.82) is 0 Å². The first kappa shape index (κ1) is 19.0. The lowest BCUT2D eigenvalue weighted by molar-refractivity contribution is 0.304. The Bertz CT molecular complexity index is 581. The van der Waals surface area contributed by atoms with Crippen LogP contribution < -0.4 is 10.1 Å². The van der Waals surface area contributed by atoms with Crippen molar-refractivity contribution in [2.45, 2.75) is 39.5 Å². The van der Waals surface area contributed by atoms with Gasteiger partial charge in [0, 0.05) is 12.1 Å². The summed E-state index contributed by atoms with van der Waals surface area (Å²) < 4.78 is 6.85. The van der Waals surface area contributed by atoms with Gasteiger partial charge in [0.05, 0.1) is 4.47 Å². The van der Waals surface area contributed by atoms with Gasteiger partial charge >= 0.3 is 0 Å². The number of benzene rings is 2. The second-order valence-corrected chi connectivity index (χ2v) is 7.00. The van der Waals surface area contributed by atoms with E-state index in [9.17, 15) is 0 Å². The Balaban J connectivity index is 0.00000242. The molecule has 0 spiro atoms. The third-order valence-corrected chi connectivity index (χ3v) is 3.68. The Labute approximate surface area is 147 Å². The maximum absolute atomic E-state index is 5.86. The van der Waals surface area contributed by atoms with Crippen LogP contribution in [0.5, 0.6) is 5.75 Å². The summed E-state index contributed by atoms with van der Waals surface area (Å²) >= 11 is 3.59. The van der Waals surface area contributed by atoms with E-state index in [-0.39, 0.29) is 17.9 Å². The molecule has 120 valence electrons. The van der Waals surface area contributed by atoms with Crippen molar-refractivity contribution in [1.82, 2.24) is 5.32 Å². The molecular formula is C18H23BrClNO. The second kappa shape index (κ2) is 8.56. The molecule has 2 aromatic rings. The summed E-state index contributed by atoms with van der Waals surface area (Å²) in [5, 5.41) is 3.48. The lowest BCUT2D eigenvalue weighted by Crippen LogP contribution is -2.35. The van der Waals surface area contributed by atoms with Crippen molar-refractivity contribution in [3.05, 3.63) is 64.1 Å². The van der Waals surface area contributed by atoms with E-state index >= 15 is 0 Å². The third kappa shape index (κ3) is 6.39. The van der Waals surface area contributed by atoms with Gasteiger partial charge in [0.1, 0.15) is 12.4 Å². The molecule has 0 aliphatic heterocycles. The first-order valence-electron chi connectivity index (χ1n) is 7.14. The molecule has 0 atom stereocenters. The fourth-order valence-electron chi connectivity index (χ4n) is 1.87. The Kier molecular flexibility index (Phi) is 7.40. The average molecular weight is 385 g/mol. The van der Waals surface area contributed by atoms with E-state index in [0.717, 1.165) is 16.8 Å². The molecule has 0 saturated carbocycles. The number of halogens is 2. The minimum atomic E-state index is 0. The van der Waals surface area contributed by atoms with Gasteiger partial charge in [-0.15, -0.1) is 12.4 Å². The fourth-order valence-corrected chi connectivity index (χ4v) is 2.41. The molecule has 0 unspecified atom stereocenters. The van der Waals surface area contributed by atoms with E-state index < -0.39 is 0 Å². The van der Waals surface area contributed by atoms with E-state index in [2.05, 4.69) is 66.3 Å². The average Bonchev–Trinajstić information content (AvgIpc) is 2.44. The van der Waals surface area contributed by atoms with Crippen LogP contribution in [-0.4, -0.2) is 5.54 Å². The van der Waals surface area contributed by atoms with Crippen molar-refractivity contribution in [3.8, 4) is 5.75 Å². The van der Waals surface area contributed by atoms with E-state index in [1.807, 2.05) is 24.3 Å². The van der Waals surface area contributed by atoms with Gasteiger partial charge in [0.15, 0.2) is 0 Å². The molecule has 0 amide bonds. The molecule has 0 radical (unpaired) electrons. The lowest BCUT2D eigenvalue weighted by Gasteiger charge is -2.20. The summed E-state index contributed by atoms with van der Waals surface area (Å²) in [6.07, 6.45) is 0. The van der Waals surface area contributed by atoms with Crippen molar-refractivity contribution in [2.24, 2.45) is 0 Å². The number of nitrogens with one attached hydrogen (secondary N) is 1. The minimum Gasteiger partial charge on any atom is -0.488 e. The Morgan fingerprint density at radius 3 is 2.27 bits per heavy atom. The van der Waals surface area contributed by atoms with Crippen LogP contribution in [0.4, 0.5) is 0 Å². The summed E-state index contributed by atoms with van der Waals surface area (Å²) in [5.41, 5.74) is 2.53. The molecule has 2 nitrogen and oxygen atoms in total. The zero-order chi connectivity index (χ0) is 15.3. The van der Waals surface area contributed by atoms with Crippen molar-refractivity contribution in [3.63, 3.8) is 0 Å². The molecule has 0 heterocycles. The predicted molar refractivity (Wildman–Crippen MR) is 98.8 cm³/mol. The summed E-state index contributed by atoms with van der Waals surface area (Å²) in [6, 6.07) is 16.4. The van der Waals surface area contributed by atoms with Gasteiger partial charge in [-0.2, -0.15) is 0 Å². The van der Waals surface area contributed by atoms with Crippen LogP contribution in [0, 0.1) is 0 Å². The van der Waals surface area contributed by atoms with E-state index in [1.54, 1.807) is 0 Å². The summed E-state index contributed by atoms with van der Waals surface area (Å²) in [4.78, 5) is 0. The van der Waals surface area contributed by atoms with Gasteiger partial charge in [0.25, 0.3) is 0 Å². The molecule has 0 aliphatic carbocycles. The van der Waals surface area contributed by atoms with E-state index in [1.165, 1.54) is 11.1 Å². The molecule has 0 bridgehead atoms. The van der Waals surface area contributed by atoms with Gasteiger partial charge in [-0.1, -0.05) is 36.4 Å². The lowest BCUT2D eigenvalue weighted by atomic mass is 10.1. The number of ether oxygens (including phenoxy) is 1. The van der Waals surface area contributed by atoms with Crippen LogP contribution in [0.25, 0.3) is 0 Å².